The molecule has 0 saturated heterocycles. The Bertz CT molecular complexity index is 672. The maximum absolute atomic E-state index is 12.1. The van der Waals surface area contributed by atoms with E-state index >= 15 is 0 Å². The van der Waals surface area contributed by atoms with Gasteiger partial charge in [0.25, 0.3) is 0 Å². The van der Waals surface area contributed by atoms with Gasteiger partial charge in [0.1, 0.15) is 6.04 Å². The van der Waals surface area contributed by atoms with E-state index in [1.54, 1.807) is 25.1 Å². The van der Waals surface area contributed by atoms with Crippen LogP contribution in [0.2, 0.25) is 0 Å². The minimum absolute atomic E-state index is 0.203. The molecule has 0 spiro atoms. The number of unbranched alkanes of at least 4 members (excludes halogenated alkanes) is 1. The Morgan fingerprint density at radius 2 is 2.25 bits per heavy atom. The van der Waals surface area contributed by atoms with Crippen LogP contribution >= 0.6 is 0 Å². The maximum atomic E-state index is 12.1. The fourth-order valence-electron chi connectivity index (χ4n) is 2.07. The van der Waals surface area contributed by atoms with E-state index < -0.39 is 11.8 Å². The maximum Gasteiger partial charge on any atom is 0.420 e. The second-order valence-corrected chi connectivity index (χ2v) is 4.79. The Hall–Kier alpha value is -2.24. The van der Waals surface area contributed by atoms with Crippen LogP contribution in [0.25, 0.3) is 11.1 Å². The number of carbonyl (C=O) groups is 1. The standard InChI is InChI=1S/C14H19N3O3/c1-3-4-7-16-13(18)9(2)17-11-8-10(15)5-6-12(11)20-14(17)19/h5-6,8-9H,3-4,7,15H2,1-2H3,(H,16,18). The molecule has 0 aliphatic carbocycles. The third-order valence-electron chi connectivity index (χ3n) is 3.23. The van der Waals surface area contributed by atoms with Crippen molar-refractivity contribution in [2.45, 2.75) is 32.7 Å². The summed E-state index contributed by atoms with van der Waals surface area (Å²) in [6.07, 6.45) is 1.91. The molecular formula is C14H19N3O3. The van der Waals surface area contributed by atoms with Gasteiger partial charge >= 0.3 is 5.76 Å². The molecule has 0 saturated carbocycles. The minimum Gasteiger partial charge on any atom is -0.408 e. The molecule has 1 aromatic carbocycles. The quantitative estimate of drug-likeness (QED) is 0.642. The van der Waals surface area contributed by atoms with Crippen LogP contribution < -0.4 is 16.8 Å². The van der Waals surface area contributed by atoms with E-state index in [9.17, 15) is 9.59 Å². The highest BCUT2D eigenvalue weighted by atomic mass is 16.4. The minimum atomic E-state index is -0.637. The molecule has 0 fully saturated rings. The smallest absolute Gasteiger partial charge is 0.408 e. The number of benzene rings is 1. The Morgan fingerprint density at radius 3 is 2.95 bits per heavy atom. The van der Waals surface area contributed by atoms with Gasteiger partial charge in [-0.1, -0.05) is 13.3 Å². The number of hydrogen-bond acceptors (Lipinski definition) is 4. The second-order valence-electron chi connectivity index (χ2n) is 4.79. The van der Waals surface area contributed by atoms with Crippen LogP contribution in [0.4, 0.5) is 5.69 Å². The zero-order valence-corrected chi connectivity index (χ0v) is 11.7. The summed E-state index contributed by atoms with van der Waals surface area (Å²) in [6, 6.07) is 4.28. The molecule has 1 heterocycles. The number of carbonyl (C=O) groups excluding carboxylic acids is 1. The molecule has 6 nitrogen and oxygen atoms in total. The molecule has 1 amide bonds. The summed E-state index contributed by atoms with van der Waals surface area (Å²) in [7, 11) is 0. The van der Waals surface area contributed by atoms with Gasteiger partial charge in [-0.15, -0.1) is 0 Å². The van der Waals surface area contributed by atoms with Gasteiger partial charge < -0.3 is 15.5 Å². The van der Waals surface area contributed by atoms with Gasteiger partial charge in [0.2, 0.25) is 5.91 Å². The average molecular weight is 277 g/mol. The van der Waals surface area contributed by atoms with E-state index in [2.05, 4.69) is 5.32 Å². The lowest BCUT2D eigenvalue weighted by molar-refractivity contribution is -0.123. The lowest BCUT2D eigenvalue weighted by Crippen LogP contribution is -2.34. The molecule has 0 aliphatic heterocycles. The van der Waals surface area contributed by atoms with E-state index in [1.165, 1.54) is 4.57 Å². The third-order valence-corrected chi connectivity index (χ3v) is 3.23. The zero-order valence-electron chi connectivity index (χ0n) is 11.7. The van der Waals surface area contributed by atoms with E-state index in [0.29, 0.717) is 23.3 Å². The lowest BCUT2D eigenvalue weighted by atomic mass is 10.2. The zero-order chi connectivity index (χ0) is 14.7. The predicted molar refractivity (Wildman–Crippen MR) is 77.5 cm³/mol. The molecule has 0 radical (unpaired) electrons. The van der Waals surface area contributed by atoms with Crippen molar-refractivity contribution in [3.63, 3.8) is 0 Å². The highest BCUT2D eigenvalue weighted by molar-refractivity contribution is 5.83. The largest absolute Gasteiger partial charge is 0.420 e. The van der Waals surface area contributed by atoms with Gasteiger partial charge in [0.05, 0.1) is 5.52 Å². The number of amides is 1. The summed E-state index contributed by atoms with van der Waals surface area (Å²) in [6.45, 7) is 4.32. The Labute approximate surface area is 116 Å². The van der Waals surface area contributed by atoms with Crippen molar-refractivity contribution in [2.75, 3.05) is 12.3 Å². The predicted octanol–water partition coefficient (Wildman–Crippen LogP) is 1.65. The highest BCUT2D eigenvalue weighted by Gasteiger charge is 2.21. The van der Waals surface area contributed by atoms with Crippen LogP contribution in [0.15, 0.2) is 27.4 Å². The average Bonchev–Trinajstić information content (AvgIpc) is 2.73. The third kappa shape index (κ3) is 2.68. The van der Waals surface area contributed by atoms with Crippen LogP contribution in [0.1, 0.15) is 32.7 Å². The first-order valence-corrected chi connectivity index (χ1v) is 6.73. The number of anilines is 1. The van der Waals surface area contributed by atoms with Gasteiger partial charge in [-0.25, -0.2) is 4.79 Å². The van der Waals surface area contributed by atoms with Gasteiger partial charge in [-0.05, 0) is 31.5 Å². The number of nitrogens with one attached hydrogen (secondary N) is 1. The summed E-state index contributed by atoms with van der Waals surface area (Å²) in [5.74, 6) is -0.755. The molecule has 0 bridgehead atoms. The van der Waals surface area contributed by atoms with Crippen molar-refractivity contribution in [3.8, 4) is 0 Å². The van der Waals surface area contributed by atoms with Crippen molar-refractivity contribution in [1.29, 1.82) is 0 Å². The van der Waals surface area contributed by atoms with Gasteiger partial charge in [-0.2, -0.15) is 0 Å². The molecule has 20 heavy (non-hydrogen) atoms. The first-order chi connectivity index (χ1) is 9.54. The number of nitrogen functional groups attached to an aromatic ring is 1. The van der Waals surface area contributed by atoms with Crippen molar-refractivity contribution in [2.24, 2.45) is 0 Å². The summed E-state index contributed by atoms with van der Waals surface area (Å²) in [5, 5.41) is 2.81. The van der Waals surface area contributed by atoms with Crippen molar-refractivity contribution >= 4 is 22.7 Å². The Morgan fingerprint density at radius 1 is 1.50 bits per heavy atom. The molecule has 2 aromatic rings. The number of oxazole rings is 1. The van der Waals surface area contributed by atoms with Crippen LogP contribution in [-0.2, 0) is 4.79 Å². The Kier molecular flexibility index (Phi) is 4.12. The summed E-state index contributed by atoms with van der Waals surface area (Å²) < 4.78 is 6.45. The first kappa shape index (κ1) is 14.2. The Balaban J connectivity index is 2.31. The molecule has 2 rings (SSSR count). The van der Waals surface area contributed by atoms with Crippen LogP contribution in [0.3, 0.4) is 0 Å². The van der Waals surface area contributed by atoms with Gasteiger partial charge in [0.15, 0.2) is 5.58 Å². The molecular weight excluding hydrogens is 258 g/mol. The first-order valence-electron chi connectivity index (χ1n) is 6.73. The second kappa shape index (κ2) is 5.81. The van der Waals surface area contributed by atoms with Gasteiger partial charge in [-0.3, -0.25) is 9.36 Å². The summed E-state index contributed by atoms with van der Waals surface area (Å²) in [5.41, 5.74) is 7.20. The number of nitrogens with zero attached hydrogens (tertiary/aromatic N) is 1. The fraction of sp³-hybridized carbons (Fsp3) is 0.429. The number of nitrogens with two attached hydrogens (primary N) is 1. The van der Waals surface area contributed by atoms with E-state index in [1.807, 2.05) is 6.92 Å². The number of rotatable bonds is 5. The van der Waals surface area contributed by atoms with E-state index in [0.717, 1.165) is 12.8 Å². The SMILES string of the molecule is CCCCNC(=O)C(C)n1c(=O)oc2ccc(N)cc21. The molecule has 1 aromatic heterocycles. The summed E-state index contributed by atoms with van der Waals surface area (Å²) in [4.78, 5) is 24.0. The van der Waals surface area contributed by atoms with Gasteiger partial charge in [0, 0.05) is 12.2 Å². The highest BCUT2D eigenvalue weighted by Crippen LogP contribution is 2.19. The fourth-order valence-corrected chi connectivity index (χ4v) is 2.07. The van der Waals surface area contributed by atoms with Crippen LogP contribution in [0, 0.1) is 0 Å². The van der Waals surface area contributed by atoms with Crippen LogP contribution in [0.5, 0.6) is 0 Å². The molecule has 1 atom stereocenters. The molecule has 6 heteroatoms. The van der Waals surface area contributed by atoms with Crippen molar-refractivity contribution < 1.29 is 9.21 Å². The summed E-state index contributed by atoms with van der Waals surface area (Å²) >= 11 is 0. The molecule has 108 valence electrons. The topological polar surface area (TPSA) is 90.3 Å². The lowest BCUT2D eigenvalue weighted by Gasteiger charge is -2.13. The van der Waals surface area contributed by atoms with E-state index in [4.69, 9.17) is 10.2 Å². The number of aromatic nitrogens is 1. The van der Waals surface area contributed by atoms with E-state index in [-0.39, 0.29) is 5.91 Å². The number of fused-ring (bicyclic) bond motifs is 1. The van der Waals surface area contributed by atoms with Crippen LogP contribution in [-0.4, -0.2) is 17.0 Å². The van der Waals surface area contributed by atoms with Crippen molar-refractivity contribution in [3.05, 3.63) is 28.7 Å². The number of hydrogen-bond donors (Lipinski definition) is 2. The van der Waals surface area contributed by atoms with Crippen molar-refractivity contribution in [1.82, 2.24) is 9.88 Å². The molecule has 0 aliphatic rings. The monoisotopic (exact) mass is 277 g/mol. The molecule has 3 N–H and O–H groups in total. The molecule has 1 unspecified atom stereocenters. The normalized spacial score (nSPS) is 12.5.